The molecule has 0 aliphatic carbocycles. The Kier molecular flexibility index (Phi) is 6.91. The van der Waals surface area contributed by atoms with Gasteiger partial charge in [0, 0.05) is 6.04 Å². The summed E-state index contributed by atoms with van der Waals surface area (Å²) < 4.78 is 30.3. The first-order valence-electron chi connectivity index (χ1n) is 9.50. The first-order valence-corrected chi connectivity index (χ1v) is 11.0. The normalized spacial score (nSPS) is 26.1. The summed E-state index contributed by atoms with van der Waals surface area (Å²) in [4.78, 5) is 12.9. The van der Waals surface area contributed by atoms with Crippen molar-refractivity contribution in [3.8, 4) is 0 Å². The summed E-state index contributed by atoms with van der Waals surface area (Å²) >= 11 is 0. The van der Waals surface area contributed by atoms with Crippen LogP contribution < -0.4 is 5.32 Å². The number of benzene rings is 1. The largest absolute Gasteiger partial charge is 0.460 e. The third kappa shape index (κ3) is 5.00. The second-order valence-electron chi connectivity index (χ2n) is 7.98. The minimum Gasteiger partial charge on any atom is -0.460 e. The molecule has 1 aliphatic heterocycles. The number of carbonyl (C=O) groups excluding carboxylic acids is 1. The van der Waals surface area contributed by atoms with Crippen LogP contribution in [-0.2, 0) is 23.1 Å². The maximum absolute atomic E-state index is 13.5. The Labute approximate surface area is 162 Å². The summed E-state index contributed by atoms with van der Waals surface area (Å²) in [5, 5.41) is 2.41. The van der Waals surface area contributed by atoms with E-state index >= 15 is 0 Å². The summed E-state index contributed by atoms with van der Waals surface area (Å²) in [5.74, 6) is -0.807. The number of carbonyl (C=O) groups is 1. The van der Waals surface area contributed by atoms with Crippen LogP contribution in [0.3, 0.4) is 0 Å². The van der Waals surface area contributed by atoms with Crippen LogP contribution >= 0.6 is 7.60 Å². The van der Waals surface area contributed by atoms with Gasteiger partial charge in [-0.3, -0.25) is 14.7 Å². The van der Waals surface area contributed by atoms with Crippen molar-refractivity contribution in [3.05, 3.63) is 35.9 Å². The average Bonchev–Trinajstić information content (AvgIpc) is 2.95. The van der Waals surface area contributed by atoms with Crippen molar-refractivity contribution < 1.29 is 23.1 Å². The number of hydrogen-bond acceptors (Lipinski definition) is 6. The highest BCUT2D eigenvalue weighted by molar-refractivity contribution is 7.55. The predicted octanol–water partition coefficient (Wildman–Crippen LogP) is 4.66. The van der Waals surface area contributed by atoms with Crippen LogP contribution in [0.4, 0.5) is 0 Å². The second-order valence-corrected chi connectivity index (χ2v) is 10.5. The third-order valence-corrected chi connectivity index (χ3v) is 7.27. The van der Waals surface area contributed by atoms with Gasteiger partial charge in [-0.05, 0) is 53.5 Å². The molecule has 1 N–H and O–H groups in total. The van der Waals surface area contributed by atoms with Crippen LogP contribution in [0.15, 0.2) is 30.3 Å². The molecule has 27 heavy (non-hydrogen) atoms. The second kappa shape index (κ2) is 8.44. The van der Waals surface area contributed by atoms with E-state index in [0.717, 1.165) is 5.56 Å². The van der Waals surface area contributed by atoms with Crippen LogP contribution in [0, 0.1) is 5.92 Å². The lowest BCUT2D eigenvalue weighted by Gasteiger charge is -2.33. The minimum absolute atomic E-state index is 0.266. The molecule has 0 bridgehead atoms. The van der Waals surface area contributed by atoms with E-state index in [2.05, 4.69) is 5.32 Å². The zero-order valence-corrected chi connectivity index (χ0v) is 18.0. The lowest BCUT2D eigenvalue weighted by Crippen LogP contribution is -2.38. The number of ether oxygens (including phenoxy) is 1. The Morgan fingerprint density at radius 1 is 1.19 bits per heavy atom. The van der Waals surface area contributed by atoms with Gasteiger partial charge in [0.2, 0.25) is 0 Å². The number of hydrogen-bond donors (Lipinski definition) is 1. The number of esters is 1. The van der Waals surface area contributed by atoms with Gasteiger partial charge in [0.05, 0.1) is 19.1 Å². The number of rotatable bonds is 7. The molecule has 3 atom stereocenters. The molecule has 0 aromatic heterocycles. The topological polar surface area (TPSA) is 73.9 Å². The van der Waals surface area contributed by atoms with E-state index in [9.17, 15) is 9.36 Å². The molecular weight excluding hydrogens is 365 g/mol. The molecule has 0 unspecified atom stereocenters. The van der Waals surface area contributed by atoms with Crippen molar-refractivity contribution >= 4 is 13.6 Å². The fourth-order valence-electron chi connectivity index (χ4n) is 3.47. The molecule has 2 rings (SSSR count). The maximum atomic E-state index is 13.5. The highest BCUT2D eigenvalue weighted by Gasteiger charge is 2.57. The Morgan fingerprint density at radius 3 is 2.22 bits per heavy atom. The van der Waals surface area contributed by atoms with Gasteiger partial charge in [0.15, 0.2) is 0 Å². The van der Waals surface area contributed by atoms with Crippen molar-refractivity contribution in [2.45, 2.75) is 64.9 Å². The van der Waals surface area contributed by atoms with Gasteiger partial charge < -0.3 is 13.8 Å². The van der Waals surface area contributed by atoms with Gasteiger partial charge in [-0.1, -0.05) is 30.3 Å². The van der Waals surface area contributed by atoms with Crippen molar-refractivity contribution in [2.75, 3.05) is 13.2 Å². The highest BCUT2D eigenvalue weighted by Crippen LogP contribution is 2.64. The average molecular weight is 397 g/mol. The van der Waals surface area contributed by atoms with Gasteiger partial charge >= 0.3 is 13.6 Å². The van der Waals surface area contributed by atoms with Crippen molar-refractivity contribution in [2.24, 2.45) is 5.92 Å². The van der Waals surface area contributed by atoms with Crippen molar-refractivity contribution in [3.63, 3.8) is 0 Å². The summed E-state index contributed by atoms with van der Waals surface area (Å²) in [6.45, 7) is 11.4. The maximum Gasteiger partial charge on any atom is 0.350 e. The van der Waals surface area contributed by atoms with Gasteiger partial charge in [0.1, 0.15) is 10.9 Å². The zero-order chi connectivity index (χ0) is 20.3. The zero-order valence-electron chi connectivity index (χ0n) is 17.2. The molecule has 1 saturated heterocycles. The van der Waals surface area contributed by atoms with Crippen molar-refractivity contribution in [1.82, 2.24) is 5.32 Å². The molecule has 0 saturated carbocycles. The molecule has 1 aromatic rings. The Bertz CT molecular complexity index is 677. The van der Waals surface area contributed by atoms with E-state index < -0.39 is 24.4 Å². The lowest BCUT2D eigenvalue weighted by atomic mass is 9.93. The quantitative estimate of drug-likeness (QED) is 0.533. The van der Waals surface area contributed by atoms with E-state index in [1.807, 2.05) is 51.1 Å². The highest BCUT2D eigenvalue weighted by atomic mass is 31.2. The molecule has 6 nitrogen and oxygen atoms in total. The van der Waals surface area contributed by atoms with Crippen LogP contribution in [-0.4, -0.2) is 30.1 Å². The van der Waals surface area contributed by atoms with Gasteiger partial charge in [-0.2, -0.15) is 0 Å². The molecular formula is C20H32NO5P. The van der Waals surface area contributed by atoms with Gasteiger partial charge in [-0.25, -0.2) is 0 Å². The van der Waals surface area contributed by atoms with E-state index in [4.69, 9.17) is 13.8 Å². The fraction of sp³-hybridized carbons (Fsp3) is 0.650. The predicted molar refractivity (Wildman–Crippen MR) is 106 cm³/mol. The molecule has 152 valence electrons. The molecule has 0 radical (unpaired) electrons. The molecule has 0 spiro atoms. The van der Waals surface area contributed by atoms with Crippen LogP contribution in [0.1, 0.15) is 59.6 Å². The monoisotopic (exact) mass is 397 g/mol. The van der Waals surface area contributed by atoms with E-state index in [-0.39, 0.29) is 25.2 Å². The minimum atomic E-state index is -3.48. The van der Waals surface area contributed by atoms with E-state index in [0.29, 0.717) is 6.42 Å². The molecule has 1 heterocycles. The van der Waals surface area contributed by atoms with Crippen molar-refractivity contribution in [1.29, 1.82) is 0 Å². The molecule has 1 aliphatic rings. The summed E-state index contributed by atoms with van der Waals surface area (Å²) in [7, 11) is -3.48. The molecule has 1 aromatic carbocycles. The molecule has 0 amide bonds. The Hall–Kier alpha value is -1.20. The van der Waals surface area contributed by atoms with Gasteiger partial charge in [0.25, 0.3) is 0 Å². The van der Waals surface area contributed by atoms with Crippen LogP contribution in [0.2, 0.25) is 0 Å². The summed E-state index contributed by atoms with van der Waals surface area (Å²) in [5.41, 5.74) is 0.345. The first-order chi connectivity index (χ1) is 12.6. The van der Waals surface area contributed by atoms with Crippen LogP contribution in [0.5, 0.6) is 0 Å². The molecule has 7 heteroatoms. The summed E-state index contributed by atoms with van der Waals surface area (Å²) in [6.07, 6.45) is 0.304. The fourth-order valence-corrected chi connectivity index (χ4v) is 5.51. The Balaban J connectivity index is 2.41. The SMILES string of the molecule is CCOP(=O)(OCC)[C@@]1(C)C[C@H](C(=O)OC(C)(C)C)[C@@H](c2ccccc2)N1. The standard InChI is InChI=1S/C20H32NO5P/c1-7-24-27(23,25-8-2)20(6)14-16(18(22)26-19(3,4)5)17(21-20)15-12-10-9-11-13-15/h9-13,16-17,21H,7-8,14H2,1-6H3/t16-,17+,20-/m0/s1. The van der Waals surface area contributed by atoms with Crippen LogP contribution in [0.25, 0.3) is 0 Å². The lowest BCUT2D eigenvalue weighted by molar-refractivity contribution is -0.160. The third-order valence-electron chi connectivity index (χ3n) is 4.56. The van der Waals surface area contributed by atoms with E-state index in [1.54, 1.807) is 20.8 Å². The first kappa shape index (κ1) is 22.1. The molecule has 1 fully saturated rings. The Morgan fingerprint density at radius 2 is 1.74 bits per heavy atom. The summed E-state index contributed by atoms with van der Waals surface area (Å²) in [6, 6.07) is 9.33. The van der Waals surface area contributed by atoms with Gasteiger partial charge in [-0.15, -0.1) is 0 Å². The smallest absolute Gasteiger partial charge is 0.350 e. The van der Waals surface area contributed by atoms with E-state index in [1.165, 1.54) is 0 Å². The number of nitrogens with one attached hydrogen (secondary N) is 1.